The van der Waals surface area contributed by atoms with Crippen molar-refractivity contribution < 1.29 is 14.6 Å². The zero-order valence-corrected chi connectivity index (χ0v) is 18.4. The Hall–Kier alpha value is -2.73. The van der Waals surface area contributed by atoms with Gasteiger partial charge in [-0.3, -0.25) is 4.79 Å². The Morgan fingerprint density at radius 1 is 0.900 bits per heavy atom. The summed E-state index contributed by atoms with van der Waals surface area (Å²) in [7, 11) is 0. The summed E-state index contributed by atoms with van der Waals surface area (Å²) >= 11 is 15.8. The first-order valence-electron chi connectivity index (χ1n) is 8.87. The fourth-order valence-corrected chi connectivity index (χ4v) is 3.86. The number of carbonyl (C=O) groups is 1. The molecule has 4 rings (SSSR count). The predicted molar refractivity (Wildman–Crippen MR) is 124 cm³/mol. The van der Waals surface area contributed by atoms with Gasteiger partial charge in [0.15, 0.2) is 0 Å². The van der Waals surface area contributed by atoms with E-state index < -0.39 is 5.91 Å². The molecule has 2 N–H and O–H groups in total. The molecule has 0 radical (unpaired) electrons. The maximum atomic E-state index is 12.4. The van der Waals surface area contributed by atoms with Crippen molar-refractivity contribution in [3.63, 3.8) is 0 Å². The number of rotatable bonds is 4. The molecule has 0 aliphatic heterocycles. The van der Waals surface area contributed by atoms with E-state index in [0.717, 1.165) is 15.2 Å². The van der Waals surface area contributed by atoms with Gasteiger partial charge in [0.05, 0.1) is 10.6 Å². The Labute approximate surface area is 191 Å². The highest BCUT2D eigenvalue weighted by molar-refractivity contribution is 9.10. The minimum atomic E-state index is -0.501. The Balaban J connectivity index is 1.58. The van der Waals surface area contributed by atoms with Crippen LogP contribution in [0.4, 0.5) is 5.69 Å². The molecule has 1 amide bonds. The number of hydrogen-bond acceptors (Lipinski definition) is 3. The number of anilines is 1. The normalized spacial score (nSPS) is 10.8. The number of ether oxygens (including phenoxy) is 1. The number of hydrogen-bond donors (Lipinski definition) is 2. The summed E-state index contributed by atoms with van der Waals surface area (Å²) in [6, 6.07) is 20.8. The lowest BCUT2D eigenvalue weighted by atomic mass is 10.1. The van der Waals surface area contributed by atoms with Gasteiger partial charge < -0.3 is 15.2 Å². The number of benzene rings is 4. The number of nitrogens with one attached hydrogen (secondary N) is 1. The second kappa shape index (κ2) is 8.56. The molecule has 0 aliphatic rings. The molecule has 0 saturated carbocycles. The van der Waals surface area contributed by atoms with Gasteiger partial charge in [0, 0.05) is 20.6 Å². The van der Waals surface area contributed by atoms with Crippen LogP contribution in [0.25, 0.3) is 10.8 Å². The van der Waals surface area contributed by atoms with E-state index in [1.807, 2.05) is 36.4 Å². The van der Waals surface area contributed by atoms with E-state index in [1.54, 1.807) is 18.2 Å². The number of phenolic OH excluding ortho intramolecular Hbond substituents is 1. The monoisotopic (exact) mass is 501 g/mol. The molecule has 150 valence electrons. The van der Waals surface area contributed by atoms with E-state index in [0.29, 0.717) is 27.2 Å². The quantitative estimate of drug-likeness (QED) is 0.301. The van der Waals surface area contributed by atoms with Crippen LogP contribution in [0.2, 0.25) is 10.0 Å². The molecule has 0 saturated heterocycles. The Bertz CT molecular complexity index is 1280. The molecular weight excluding hydrogens is 489 g/mol. The summed E-state index contributed by atoms with van der Waals surface area (Å²) in [6.45, 7) is 0. The second-order valence-electron chi connectivity index (χ2n) is 6.45. The van der Waals surface area contributed by atoms with E-state index in [2.05, 4.69) is 21.2 Å². The highest BCUT2D eigenvalue weighted by atomic mass is 79.9. The topological polar surface area (TPSA) is 58.6 Å². The van der Waals surface area contributed by atoms with Crippen LogP contribution in [-0.2, 0) is 0 Å². The number of phenols is 1. The van der Waals surface area contributed by atoms with Crippen molar-refractivity contribution in [2.45, 2.75) is 0 Å². The molecule has 4 aromatic rings. The van der Waals surface area contributed by atoms with E-state index in [1.165, 1.54) is 18.2 Å². The summed E-state index contributed by atoms with van der Waals surface area (Å²) in [5, 5.41) is 15.2. The summed E-state index contributed by atoms with van der Waals surface area (Å²) < 4.78 is 7.01. The zero-order valence-electron chi connectivity index (χ0n) is 15.3. The van der Waals surface area contributed by atoms with Gasteiger partial charge in [0.2, 0.25) is 0 Å². The number of aromatic hydroxyl groups is 1. The third kappa shape index (κ3) is 4.24. The van der Waals surface area contributed by atoms with Gasteiger partial charge in [-0.2, -0.15) is 0 Å². The molecule has 4 nitrogen and oxygen atoms in total. The molecule has 4 aromatic carbocycles. The highest BCUT2D eigenvalue weighted by Gasteiger charge is 2.14. The molecule has 0 heterocycles. The molecular formula is C23H14BrCl2NO3. The van der Waals surface area contributed by atoms with E-state index in [9.17, 15) is 9.90 Å². The molecule has 0 unspecified atom stereocenters. The van der Waals surface area contributed by atoms with Gasteiger partial charge in [-0.25, -0.2) is 0 Å². The number of carbonyl (C=O) groups excluding carboxylic acids is 1. The largest absolute Gasteiger partial charge is 0.507 e. The van der Waals surface area contributed by atoms with Crippen LogP contribution in [0.15, 0.2) is 77.3 Å². The lowest BCUT2D eigenvalue weighted by Crippen LogP contribution is -2.12. The van der Waals surface area contributed by atoms with Crippen molar-refractivity contribution in [3.8, 4) is 17.2 Å². The van der Waals surface area contributed by atoms with E-state index in [4.69, 9.17) is 27.9 Å². The average Bonchev–Trinajstić information content (AvgIpc) is 2.73. The lowest BCUT2D eigenvalue weighted by Gasteiger charge is -2.13. The third-order valence-corrected chi connectivity index (χ3v) is 5.67. The molecule has 0 atom stereocenters. The summed E-state index contributed by atoms with van der Waals surface area (Å²) in [5.41, 5.74) is 0.526. The van der Waals surface area contributed by atoms with Gasteiger partial charge in [-0.05, 0) is 53.9 Å². The van der Waals surface area contributed by atoms with Gasteiger partial charge in [0.1, 0.15) is 17.2 Å². The third-order valence-electron chi connectivity index (χ3n) is 4.44. The molecule has 0 aromatic heterocycles. The predicted octanol–water partition coefficient (Wildman–Crippen LogP) is 7.66. The van der Waals surface area contributed by atoms with Crippen molar-refractivity contribution in [2.24, 2.45) is 0 Å². The number of amides is 1. The maximum Gasteiger partial charge on any atom is 0.259 e. The van der Waals surface area contributed by atoms with E-state index in [-0.39, 0.29) is 11.3 Å². The number of halogens is 3. The Kier molecular flexibility index (Phi) is 5.86. The minimum Gasteiger partial charge on any atom is -0.507 e. The smallest absolute Gasteiger partial charge is 0.259 e. The van der Waals surface area contributed by atoms with Crippen LogP contribution in [-0.4, -0.2) is 11.0 Å². The summed E-state index contributed by atoms with van der Waals surface area (Å²) in [6.07, 6.45) is 0. The van der Waals surface area contributed by atoms with Crippen molar-refractivity contribution in [1.29, 1.82) is 0 Å². The minimum absolute atomic E-state index is 0.0697. The van der Waals surface area contributed by atoms with E-state index >= 15 is 0 Å². The Morgan fingerprint density at radius 3 is 2.40 bits per heavy atom. The first-order valence-corrected chi connectivity index (χ1v) is 10.4. The zero-order chi connectivity index (χ0) is 21.3. The van der Waals surface area contributed by atoms with Crippen LogP contribution in [0.1, 0.15) is 10.4 Å². The first kappa shape index (κ1) is 20.5. The van der Waals surface area contributed by atoms with Crippen molar-refractivity contribution in [3.05, 3.63) is 92.9 Å². The standard InChI is InChI=1S/C23H14BrCl2NO3/c24-18-7-10-21(16-4-2-1-3-15(16)18)30-22-9-6-14(12-19(22)26)27-23(29)17-11-13(25)5-8-20(17)28/h1-12,28H,(H,27,29). The van der Waals surface area contributed by atoms with Gasteiger partial charge >= 0.3 is 0 Å². The number of fused-ring (bicyclic) bond motifs is 1. The highest BCUT2D eigenvalue weighted by Crippen LogP contribution is 2.37. The van der Waals surface area contributed by atoms with Crippen LogP contribution in [0.3, 0.4) is 0 Å². The summed E-state index contributed by atoms with van der Waals surface area (Å²) in [4.78, 5) is 12.4. The van der Waals surface area contributed by atoms with Gasteiger partial charge in [-0.1, -0.05) is 63.4 Å². The SMILES string of the molecule is O=C(Nc1ccc(Oc2ccc(Br)c3ccccc23)c(Cl)c1)c1cc(Cl)ccc1O. The molecule has 30 heavy (non-hydrogen) atoms. The Morgan fingerprint density at radius 2 is 1.63 bits per heavy atom. The van der Waals surface area contributed by atoms with Crippen LogP contribution < -0.4 is 10.1 Å². The van der Waals surface area contributed by atoms with Crippen molar-refractivity contribution in [1.82, 2.24) is 0 Å². The molecule has 0 bridgehead atoms. The van der Waals surface area contributed by atoms with Crippen LogP contribution in [0, 0.1) is 0 Å². The fraction of sp³-hybridized carbons (Fsp3) is 0. The average molecular weight is 503 g/mol. The maximum absolute atomic E-state index is 12.4. The van der Waals surface area contributed by atoms with Crippen molar-refractivity contribution >= 4 is 61.5 Å². The second-order valence-corrected chi connectivity index (χ2v) is 8.15. The molecule has 0 fully saturated rings. The molecule has 7 heteroatoms. The molecule has 0 spiro atoms. The fourth-order valence-electron chi connectivity index (χ4n) is 2.99. The first-order chi connectivity index (χ1) is 14.4. The van der Waals surface area contributed by atoms with Gasteiger partial charge in [0.25, 0.3) is 5.91 Å². The van der Waals surface area contributed by atoms with Crippen LogP contribution >= 0.6 is 39.1 Å². The molecule has 0 aliphatic carbocycles. The lowest BCUT2D eigenvalue weighted by molar-refractivity contribution is 0.102. The van der Waals surface area contributed by atoms with Crippen LogP contribution in [0.5, 0.6) is 17.2 Å². The van der Waals surface area contributed by atoms with Crippen molar-refractivity contribution in [2.75, 3.05) is 5.32 Å². The van der Waals surface area contributed by atoms with Gasteiger partial charge in [-0.15, -0.1) is 0 Å². The summed E-state index contributed by atoms with van der Waals surface area (Å²) in [5.74, 6) is 0.452.